The molecule has 0 aliphatic carbocycles. The summed E-state index contributed by atoms with van der Waals surface area (Å²) in [5.74, 6) is -0.784. The van der Waals surface area contributed by atoms with Gasteiger partial charge in [0.1, 0.15) is 12.4 Å². The van der Waals surface area contributed by atoms with Crippen LogP contribution in [0, 0.1) is 11.7 Å². The van der Waals surface area contributed by atoms with Gasteiger partial charge in [0.25, 0.3) is 5.91 Å². The molecule has 3 rings (SSSR count). The Morgan fingerprint density at radius 1 is 1.28 bits per heavy atom. The Morgan fingerprint density at radius 3 is 2.68 bits per heavy atom. The van der Waals surface area contributed by atoms with Crippen molar-refractivity contribution in [3.05, 3.63) is 56.4 Å². The van der Waals surface area contributed by atoms with Crippen LogP contribution < -0.4 is 0 Å². The Labute approximate surface area is 157 Å². The lowest BCUT2D eigenvalue weighted by Crippen LogP contribution is -2.40. The number of nitrogens with zero attached hydrogens (tertiary/aromatic N) is 1. The maximum atomic E-state index is 13.1. The summed E-state index contributed by atoms with van der Waals surface area (Å²) >= 11 is 4.69. The van der Waals surface area contributed by atoms with Crippen LogP contribution in [0.25, 0.3) is 0 Å². The van der Waals surface area contributed by atoms with Gasteiger partial charge in [0.2, 0.25) is 0 Å². The van der Waals surface area contributed by atoms with E-state index in [1.165, 1.54) is 23.5 Å². The molecule has 1 aliphatic rings. The predicted molar refractivity (Wildman–Crippen MR) is 96.8 cm³/mol. The summed E-state index contributed by atoms with van der Waals surface area (Å²) in [6.45, 7) is 1.21. The molecule has 1 aliphatic heterocycles. The minimum Gasteiger partial charge on any atom is -0.461 e. The summed E-state index contributed by atoms with van der Waals surface area (Å²) in [5, 5.41) is 1.88. The molecule has 0 radical (unpaired) electrons. The molecule has 0 N–H and O–H groups in total. The van der Waals surface area contributed by atoms with Crippen LogP contribution in [0.15, 0.2) is 40.2 Å². The standard InChI is InChI=1S/C18H17BrFNO3S/c19-15-10-14(20)4-3-13(15)11-24-18(23)12-5-7-21(8-6-12)17(22)16-2-1-9-25-16/h1-4,9-10,12H,5-8,11H2. The van der Waals surface area contributed by atoms with Crippen LogP contribution >= 0.6 is 27.3 Å². The van der Waals surface area contributed by atoms with Crippen LogP contribution in [0.2, 0.25) is 0 Å². The highest BCUT2D eigenvalue weighted by Crippen LogP contribution is 2.23. The summed E-state index contributed by atoms with van der Waals surface area (Å²) in [4.78, 5) is 27.0. The minimum atomic E-state index is -0.343. The normalized spacial score (nSPS) is 15.2. The SMILES string of the molecule is O=C(OCc1ccc(F)cc1Br)C1CCN(C(=O)c2cccs2)CC1. The number of halogens is 2. The number of ether oxygens (including phenoxy) is 1. The number of thiophene rings is 1. The molecule has 0 bridgehead atoms. The molecular weight excluding hydrogens is 409 g/mol. The maximum absolute atomic E-state index is 13.1. The van der Waals surface area contributed by atoms with Crippen molar-refractivity contribution in [3.8, 4) is 0 Å². The lowest BCUT2D eigenvalue weighted by atomic mass is 9.97. The number of carbonyl (C=O) groups is 2. The van der Waals surface area contributed by atoms with Gasteiger partial charge in [0, 0.05) is 23.1 Å². The monoisotopic (exact) mass is 425 g/mol. The van der Waals surface area contributed by atoms with Gasteiger partial charge in [-0.3, -0.25) is 9.59 Å². The molecule has 1 fully saturated rings. The number of hydrogen-bond acceptors (Lipinski definition) is 4. The zero-order valence-electron chi connectivity index (χ0n) is 13.4. The molecule has 0 atom stereocenters. The molecule has 7 heteroatoms. The third kappa shape index (κ3) is 4.46. The summed E-state index contributed by atoms with van der Waals surface area (Å²) in [7, 11) is 0. The Balaban J connectivity index is 1.49. The summed E-state index contributed by atoms with van der Waals surface area (Å²) in [6, 6.07) is 7.94. The van der Waals surface area contributed by atoms with Gasteiger partial charge in [0.05, 0.1) is 10.8 Å². The van der Waals surface area contributed by atoms with E-state index in [0.717, 1.165) is 10.4 Å². The first-order valence-corrected chi connectivity index (χ1v) is 9.65. The highest BCUT2D eigenvalue weighted by Gasteiger charge is 2.29. The van der Waals surface area contributed by atoms with E-state index in [4.69, 9.17) is 4.74 Å². The quantitative estimate of drug-likeness (QED) is 0.687. The molecule has 0 spiro atoms. The average molecular weight is 426 g/mol. The van der Waals surface area contributed by atoms with Crippen LogP contribution in [0.5, 0.6) is 0 Å². The van der Waals surface area contributed by atoms with Crippen molar-refractivity contribution in [1.82, 2.24) is 4.90 Å². The fourth-order valence-corrected chi connectivity index (χ4v) is 3.94. The number of carbonyl (C=O) groups excluding carboxylic acids is 2. The topological polar surface area (TPSA) is 46.6 Å². The van der Waals surface area contributed by atoms with Crippen LogP contribution in [-0.2, 0) is 16.1 Å². The van der Waals surface area contributed by atoms with Gasteiger partial charge in [0.15, 0.2) is 0 Å². The zero-order valence-corrected chi connectivity index (χ0v) is 15.8. The zero-order chi connectivity index (χ0) is 17.8. The number of amides is 1. The first-order chi connectivity index (χ1) is 12.0. The molecule has 2 heterocycles. The third-order valence-corrected chi connectivity index (χ3v) is 5.83. The molecule has 132 valence electrons. The van der Waals surface area contributed by atoms with Gasteiger partial charge >= 0.3 is 5.97 Å². The molecule has 0 unspecified atom stereocenters. The molecule has 1 saturated heterocycles. The van der Waals surface area contributed by atoms with Crippen LogP contribution in [0.4, 0.5) is 4.39 Å². The number of esters is 1. The van der Waals surface area contributed by atoms with Crippen LogP contribution in [-0.4, -0.2) is 29.9 Å². The fourth-order valence-electron chi connectivity index (χ4n) is 2.78. The fraction of sp³-hybridized carbons (Fsp3) is 0.333. The van der Waals surface area contributed by atoms with Gasteiger partial charge < -0.3 is 9.64 Å². The summed E-state index contributed by atoms with van der Waals surface area (Å²) in [5.41, 5.74) is 0.722. The Hall–Kier alpha value is -1.73. The van der Waals surface area contributed by atoms with Crippen LogP contribution in [0.3, 0.4) is 0 Å². The highest BCUT2D eigenvalue weighted by atomic mass is 79.9. The van der Waals surface area contributed by atoms with Gasteiger partial charge in [-0.25, -0.2) is 4.39 Å². The van der Waals surface area contributed by atoms with Crippen molar-refractivity contribution >= 4 is 39.1 Å². The van der Waals surface area contributed by atoms with E-state index < -0.39 is 0 Å². The van der Waals surface area contributed by atoms with Crippen molar-refractivity contribution in [3.63, 3.8) is 0 Å². The molecule has 1 amide bonds. The van der Waals surface area contributed by atoms with Crippen molar-refractivity contribution in [2.75, 3.05) is 13.1 Å². The molecule has 1 aromatic heterocycles. The Morgan fingerprint density at radius 2 is 2.04 bits per heavy atom. The van der Waals surface area contributed by atoms with Crippen molar-refractivity contribution in [2.45, 2.75) is 19.4 Å². The van der Waals surface area contributed by atoms with E-state index in [-0.39, 0.29) is 30.2 Å². The van der Waals surface area contributed by atoms with Crippen LogP contribution in [0.1, 0.15) is 28.1 Å². The smallest absolute Gasteiger partial charge is 0.309 e. The number of benzene rings is 1. The molecule has 0 saturated carbocycles. The van der Waals surface area contributed by atoms with E-state index in [1.807, 2.05) is 17.5 Å². The Bertz CT molecular complexity index is 758. The maximum Gasteiger partial charge on any atom is 0.309 e. The Kier molecular flexibility index (Phi) is 5.86. The molecule has 1 aromatic carbocycles. The van der Waals surface area contributed by atoms with E-state index >= 15 is 0 Å². The van der Waals surface area contributed by atoms with Crippen molar-refractivity contribution in [2.24, 2.45) is 5.92 Å². The number of hydrogen-bond donors (Lipinski definition) is 0. The van der Waals surface area contributed by atoms with E-state index in [0.29, 0.717) is 30.4 Å². The lowest BCUT2D eigenvalue weighted by molar-refractivity contribution is -0.151. The van der Waals surface area contributed by atoms with Gasteiger partial charge in [-0.15, -0.1) is 11.3 Å². The molecular formula is C18H17BrFNO3S. The second-order valence-electron chi connectivity index (χ2n) is 5.89. The number of piperidine rings is 1. The number of likely N-dealkylation sites (tertiary alicyclic amines) is 1. The second kappa shape index (κ2) is 8.10. The van der Waals surface area contributed by atoms with E-state index in [2.05, 4.69) is 15.9 Å². The predicted octanol–water partition coefficient (Wildman–Crippen LogP) is 4.25. The molecule has 2 aromatic rings. The number of rotatable bonds is 4. The van der Waals surface area contributed by atoms with Gasteiger partial charge in [-0.2, -0.15) is 0 Å². The first-order valence-electron chi connectivity index (χ1n) is 7.98. The second-order valence-corrected chi connectivity index (χ2v) is 7.69. The molecule has 4 nitrogen and oxygen atoms in total. The first kappa shape index (κ1) is 18.1. The van der Waals surface area contributed by atoms with Crippen molar-refractivity contribution in [1.29, 1.82) is 0 Å². The largest absolute Gasteiger partial charge is 0.461 e. The summed E-state index contributed by atoms with van der Waals surface area (Å²) < 4.78 is 19.0. The highest BCUT2D eigenvalue weighted by molar-refractivity contribution is 9.10. The minimum absolute atomic E-state index is 0.0251. The van der Waals surface area contributed by atoms with Gasteiger partial charge in [-0.05, 0) is 36.4 Å². The van der Waals surface area contributed by atoms with Gasteiger partial charge in [-0.1, -0.05) is 28.1 Å². The summed E-state index contributed by atoms with van der Waals surface area (Å²) in [6.07, 6.45) is 1.20. The third-order valence-electron chi connectivity index (χ3n) is 4.23. The van der Waals surface area contributed by atoms with E-state index in [9.17, 15) is 14.0 Å². The average Bonchev–Trinajstić information content (AvgIpc) is 3.15. The van der Waals surface area contributed by atoms with Crippen molar-refractivity contribution < 1.29 is 18.7 Å². The molecule has 25 heavy (non-hydrogen) atoms. The van der Waals surface area contributed by atoms with E-state index in [1.54, 1.807) is 11.0 Å². The lowest BCUT2D eigenvalue weighted by Gasteiger charge is -2.30.